The molecule has 36 heavy (non-hydrogen) atoms. The van der Waals surface area contributed by atoms with E-state index in [2.05, 4.69) is 4.57 Å². The summed E-state index contributed by atoms with van der Waals surface area (Å²) in [6.07, 6.45) is -0.321. The molecule has 2 heterocycles. The van der Waals surface area contributed by atoms with Gasteiger partial charge in [0.25, 0.3) is 0 Å². The summed E-state index contributed by atoms with van der Waals surface area (Å²) in [7, 11) is -2.38. The van der Waals surface area contributed by atoms with E-state index in [-0.39, 0.29) is 50.4 Å². The molecule has 0 radical (unpaired) electrons. The number of aromatic nitrogens is 2. The molecule has 1 amide bonds. The highest BCUT2D eigenvalue weighted by Gasteiger charge is 2.36. The molecule has 200 valence electrons. The molecule has 12 heteroatoms. The van der Waals surface area contributed by atoms with Crippen molar-refractivity contribution in [3.8, 4) is 0 Å². The lowest BCUT2D eigenvalue weighted by atomic mass is 9.86. The van der Waals surface area contributed by atoms with Crippen LogP contribution in [-0.4, -0.2) is 77.5 Å². The summed E-state index contributed by atoms with van der Waals surface area (Å²) in [5, 5.41) is 9.13. The van der Waals surface area contributed by atoms with Gasteiger partial charge in [0.1, 0.15) is 5.82 Å². The third-order valence-electron chi connectivity index (χ3n) is 7.23. The van der Waals surface area contributed by atoms with Crippen LogP contribution in [0, 0.1) is 5.92 Å². The third-order valence-corrected chi connectivity index (χ3v) is 9.15. The van der Waals surface area contributed by atoms with E-state index >= 15 is 0 Å². The minimum absolute atomic E-state index is 0.0877. The smallest absolute Gasteiger partial charge is 0.407 e. The predicted molar refractivity (Wildman–Crippen MR) is 134 cm³/mol. The fourth-order valence-corrected chi connectivity index (χ4v) is 6.38. The molecule has 0 unspecified atom stereocenters. The van der Waals surface area contributed by atoms with Crippen LogP contribution in [0.15, 0.2) is 18.2 Å². The van der Waals surface area contributed by atoms with Crippen molar-refractivity contribution in [2.45, 2.75) is 64.3 Å². The number of benzene rings is 1. The van der Waals surface area contributed by atoms with Crippen molar-refractivity contribution in [2.24, 2.45) is 5.92 Å². The molecule has 2 aromatic rings. The van der Waals surface area contributed by atoms with E-state index in [1.165, 1.54) is 20.6 Å². The van der Waals surface area contributed by atoms with Crippen LogP contribution in [0.25, 0.3) is 11.0 Å². The molecule has 4 rings (SSSR count). The number of rotatable bonds is 5. The van der Waals surface area contributed by atoms with Gasteiger partial charge in [-0.3, -0.25) is 4.31 Å². The summed E-state index contributed by atoms with van der Waals surface area (Å²) in [6, 6.07) is 5.31. The molecular formula is C24H35F2N5O4S. The van der Waals surface area contributed by atoms with E-state index < -0.39 is 22.2 Å². The number of carboxylic acid groups (broad SMARTS) is 1. The lowest BCUT2D eigenvalue weighted by molar-refractivity contribution is -0.0473. The Morgan fingerprint density at radius 2 is 1.78 bits per heavy atom. The second kappa shape index (κ2) is 9.44. The molecule has 2 aliphatic rings. The van der Waals surface area contributed by atoms with Gasteiger partial charge in [0, 0.05) is 58.0 Å². The van der Waals surface area contributed by atoms with E-state index in [4.69, 9.17) is 10.1 Å². The minimum Gasteiger partial charge on any atom is -0.465 e. The van der Waals surface area contributed by atoms with Crippen LogP contribution in [0.3, 0.4) is 0 Å². The number of fused-ring (bicyclic) bond motifs is 1. The molecule has 1 saturated heterocycles. The predicted octanol–water partition coefficient (Wildman–Crippen LogP) is 4.14. The fourth-order valence-electron chi connectivity index (χ4n) is 5.03. The summed E-state index contributed by atoms with van der Waals surface area (Å²) in [5.74, 6) is -1.61. The zero-order chi connectivity index (χ0) is 26.5. The second-order valence-electron chi connectivity index (χ2n) is 10.9. The number of amides is 1. The van der Waals surface area contributed by atoms with Crippen molar-refractivity contribution < 1.29 is 27.1 Å². The summed E-state index contributed by atoms with van der Waals surface area (Å²) in [5.41, 5.74) is 1.66. The topological polar surface area (TPSA) is 99.0 Å². The minimum atomic E-state index is -3.86. The highest BCUT2D eigenvalue weighted by molar-refractivity contribution is 7.90. The van der Waals surface area contributed by atoms with E-state index in [0.29, 0.717) is 30.6 Å². The first-order valence-electron chi connectivity index (χ1n) is 12.3. The number of imidazole rings is 1. The Kier molecular flexibility index (Phi) is 6.97. The zero-order valence-electron chi connectivity index (χ0n) is 21.2. The van der Waals surface area contributed by atoms with Crippen LogP contribution in [0.1, 0.15) is 52.3 Å². The largest absolute Gasteiger partial charge is 0.465 e. The van der Waals surface area contributed by atoms with Gasteiger partial charge >= 0.3 is 16.3 Å². The van der Waals surface area contributed by atoms with Crippen LogP contribution in [0.2, 0.25) is 0 Å². The molecule has 1 saturated carbocycles. The Hall–Kier alpha value is -2.47. The van der Waals surface area contributed by atoms with E-state index in [0.717, 1.165) is 11.3 Å². The van der Waals surface area contributed by atoms with Gasteiger partial charge in [0.15, 0.2) is 0 Å². The summed E-state index contributed by atoms with van der Waals surface area (Å²) in [4.78, 5) is 17.2. The molecule has 1 aromatic heterocycles. The summed E-state index contributed by atoms with van der Waals surface area (Å²) >= 11 is 0. The van der Waals surface area contributed by atoms with Crippen LogP contribution in [-0.2, 0) is 22.2 Å². The summed E-state index contributed by atoms with van der Waals surface area (Å²) < 4.78 is 58.4. The normalized spacial score (nSPS) is 20.1. The quantitative estimate of drug-likeness (QED) is 0.630. The van der Waals surface area contributed by atoms with Gasteiger partial charge in [-0.05, 0) is 37.0 Å². The maximum atomic E-state index is 13.7. The molecule has 0 spiro atoms. The van der Waals surface area contributed by atoms with Gasteiger partial charge in [-0.2, -0.15) is 12.7 Å². The number of alkyl halides is 2. The first-order chi connectivity index (χ1) is 16.7. The standard InChI is InChI=1S/C24H35F2N5O4S/c1-23(2,3)21-27-19-15-18(28(4)36(34,35)30-13-11-29(12-14-30)22(32)33)5-6-20(19)31(21)16-17-7-9-24(25,26)10-8-17/h5-6,15,17H,7-14,16H2,1-4H3,(H,32,33). The van der Waals surface area contributed by atoms with Gasteiger partial charge in [-0.15, -0.1) is 0 Å². The Morgan fingerprint density at radius 3 is 2.33 bits per heavy atom. The molecule has 0 bridgehead atoms. The Bertz CT molecular complexity index is 1220. The number of anilines is 1. The lowest BCUT2D eigenvalue weighted by Crippen LogP contribution is -2.53. The van der Waals surface area contributed by atoms with Crippen molar-refractivity contribution in [3.05, 3.63) is 24.0 Å². The lowest BCUT2D eigenvalue weighted by Gasteiger charge is -2.35. The third kappa shape index (κ3) is 5.29. The fraction of sp³-hybridized carbons (Fsp3) is 0.667. The van der Waals surface area contributed by atoms with E-state index in [1.807, 2.05) is 26.8 Å². The van der Waals surface area contributed by atoms with Gasteiger partial charge in [-0.25, -0.2) is 18.6 Å². The van der Waals surface area contributed by atoms with Gasteiger partial charge in [0.05, 0.1) is 16.7 Å². The number of hydrogen-bond donors (Lipinski definition) is 1. The Balaban J connectivity index is 1.60. The number of halogens is 2. The van der Waals surface area contributed by atoms with Crippen molar-refractivity contribution in [2.75, 3.05) is 37.5 Å². The van der Waals surface area contributed by atoms with Crippen molar-refractivity contribution >= 4 is 33.0 Å². The maximum absolute atomic E-state index is 13.7. The molecule has 1 N–H and O–H groups in total. The van der Waals surface area contributed by atoms with Crippen LogP contribution in [0.5, 0.6) is 0 Å². The molecular weight excluding hydrogens is 492 g/mol. The van der Waals surface area contributed by atoms with Crippen molar-refractivity contribution in [1.29, 1.82) is 0 Å². The van der Waals surface area contributed by atoms with Gasteiger partial charge in [-0.1, -0.05) is 20.8 Å². The second-order valence-corrected chi connectivity index (χ2v) is 12.9. The Morgan fingerprint density at radius 1 is 1.17 bits per heavy atom. The molecule has 1 aromatic carbocycles. The average molecular weight is 528 g/mol. The highest BCUT2D eigenvalue weighted by Crippen LogP contribution is 2.38. The number of carbonyl (C=O) groups is 1. The molecule has 2 fully saturated rings. The maximum Gasteiger partial charge on any atom is 0.407 e. The average Bonchev–Trinajstić information content (AvgIpc) is 3.18. The van der Waals surface area contributed by atoms with Gasteiger partial charge < -0.3 is 14.6 Å². The molecule has 1 aliphatic carbocycles. The molecule has 1 aliphatic heterocycles. The van der Waals surface area contributed by atoms with Crippen LogP contribution >= 0.6 is 0 Å². The molecule has 9 nitrogen and oxygen atoms in total. The Labute approximate surface area is 210 Å². The number of nitrogens with zero attached hydrogens (tertiary/aromatic N) is 5. The number of piperazine rings is 1. The molecule has 0 atom stereocenters. The van der Waals surface area contributed by atoms with Crippen LogP contribution in [0.4, 0.5) is 19.3 Å². The SMILES string of the molecule is CN(c1ccc2c(c1)nc(C(C)(C)C)n2CC1CCC(F)(F)CC1)S(=O)(=O)N1CCN(C(=O)O)CC1. The van der Waals surface area contributed by atoms with Gasteiger partial charge in [0.2, 0.25) is 5.92 Å². The van der Waals surface area contributed by atoms with E-state index in [1.54, 1.807) is 12.1 Å². The van der Waals surface area contributed by atoms with Crippen molar-refractivity contribution in [1.82, 2.24) is 18.8 Å². The summed E-state index contributed by atoms with van der Waals surface area (Å²) in [6.45, 7) is 7.16. The van der Waals surface area contributed by atoms with E-state index in [9.17, 15) is 22.0 Å². The zero-order valence-corrected chi connectivity index (χ0v) is 22.1. The highest BCUT2D eigenvalue weighted by atomic mass is 32.2. The van der Waals surface area contributed by atoms with Crippen molar-refractivity contribution in [3.63, 3.8) is 0 Å². The first kappa shape index (κ1) is 26.6. The first-order valence-corrected chi connectivity index (χ1v) is 13.7. The monoisotopic (exact) mass is 527 g/mol. The number of hydrogen-bond acceptors (Lipinski definition) is 4. The van der Waals surface area contributed by atoms with Crippen LogP contribution < -0.4 is 4.31 Å².